The van der Waals surface area contributed by atoms with Crippen molar-refractivity contribution in [1.29, 1.82) is 0 Å². The van der Waals surface area contributed by atoms with Crippen molar-refractivity contribution in [3.63, 3.8) is 0 Å². The minimum Gasteiger partial charge on any atom is -0.496 e. The zero-order valence-electron chi connectivity index (χ0n) is 13.1. The van der Waals surface area contributed by atoms with Gasteiger partial charge in [0.1, 0.15) is 5.75 Å². The molecule has 1 saturated heterocycles. The highest BCUT2D eigenvalue weighted by molar-refractivity contribution is 9.10. The third-order valence-corrected chi connectivity index (χ3v) is 4.49. The molecule has 1 atom stereocenters. The van der Waals surface area contributed by atoms with Crippen molar-refractivity contribution in [1.82, 2.24) is 4.90 Å². The Bertz CT molecular complexity index is 568. The number of benzene rings is 1. The number of hydrogen-bond donors (Lipinski definition) is 1. The molecule has 0 spiro atoms. The first kappa shape index (κ1) is 19.9. The van der Waals surface area contributed by atoms with Gasteiger partial charge < -0.3 is 15.4 Å². The number of amides is 1. The van der Waals surface area contributed by atoms with Gasteiger partial charge in [0.25, 0.3) is 0 Å². The fourth-order valence-electron chi connectivity index (χ4n) is 2.66. The number of nitrogens with zero attached hydrogens (tertiary/aromatic N) is 1. The Kier molecular flexibility index (Phi) is 8.02. The molecule has 1 heterocycles. The number of rotatable bonds is 6. The fraction of sp³-hybridized carbons (Fsp3) is 0.500. The summed E-state index contributed by atoms with van der Waals surface area (Å²) in [5.41, 5.74) is 6.14. The third-order valence-electron chi connectivity index (χ3n) is 4.00. The molecule has 1 fully saturated rings. The van der Waals surface area contributed by atoms with E-state index in [4.69, 9.17) is 10.5 Å². The first-order chi connectivity index (χ1) is 10.5. The van der Waals surface area contributed by atoms with Crippen molar-refractivity contribution in [2.24, 2.45) is 11.7 Å². The molecule has 1 aromatic rings. The number of carbonyl (C=O) groups excluding carboxylic acids is 2. The van der Waals surface area contributed by atoms with Crippen LogP contribution in [0.1, 0.15) is 29.6 Å². The Morgan fingerprint density at radius 1 is 1.39 bits per heavy atom. The summed E-state index contributed by atoms with van der Waals surface area (Å²) in [7, 11) is 1.53. The van der Waals surface area contributed by atoms with Crippen LogP contribution in [0.5, 0.6) is 5.75 Å². The van der Waals surface area contributed by atoms with E-state index >= 15 is 0 Å². The summed E-state index contributed by atoms with van der Waals surface area (Å²) in [4.78, 5) is 26.3. The summed E-state index contributed by atoms with van der Waals surface area (Å²) in [5.74, 6) is 0.870. The van der Waals surface area contributed by atoms with Gasteiger partial charge in [0, 0.05) is 30.4 Å². The van der Waals surface area contributed by atoms with Crippen molar-refractivity contribution in [3.05, 3.63) is 28.2 Å². The van der Waals surface area contributed by atoms with Crippen molar-refractivity contribution < 1.29 is 14.3 Å². The molecule has 0 saturated carbocycles. The maximum absolute atomic E-state index is 12.3. The van der Waals surface area contributed by atoms with Gasteiger partial charge in [0.05, 0.1) is 12.7 Å². The van der Waals surface area contributed by atoms with E-state index in [0.29, 0.717) is 30.3 Å². The number of ether oxygens (including phenoxy) is 1. The van der Waals surface area contributed by atoms with Crippen LogP contribution in [-0.2, 0) is 4.79 Å². The molecule has 5 nitrogen and oxygen atoms in total. The van der Waals surface area contributed by atoms with Crippen LogP contribution in [0.15, 0.2) is 22.7 Å². The van der Waals surface area contributed by atoms with Crippen LogP contribution < -0.4 is 10.5 Å². The fourth-order valence-corrected chi connectivity index (χ4v) is 3.02. The second kappa shape index (κ2) is 9.25. The number of methoxy groups -OCH3 is 1. The second-order valence-electron chi connectivity index (χ2n) is 5.50. The van der Waals surface area contributed by atoms with Crippen molar-refractivity contribution in [2.45, 2.75) is 19.3 Å². The average Bonchev–Trinajstić information content (AvgIpc) is 3.01. The zero-order valence-corrected chi connectivity index (χ0v) is 15.5. The van der Waals surface area contributed by atoms with Gasteiger partial charge in [-0.25, -0.2) is 0 Å². The molecule has 2 rings (SSSR count). The van der Waals surface area contributed by atoms with Crippen LogP contribution in [0.2, 0.25) is 0 Å². The van der Waals surface area contributed by atoms with E-state index in [9.17, 15) is 9.59 Å². The number of halogens is 2. The van der Waals surface area contributed by atoms with E-state index in [1.807, 2.05) is 11.0 Å². The van der Waals surface area contributed by atoms with Crippen LogP contribution in [0, 0.1) is 5.92 Å². The summed E-state index contributed by atoms with van der Waals surface area (Å²) in [6.45, 7) is 2.07. The van der Waals surface area contributed by atoms with Gasteiger partial charge >= 0.3 is 0 Å². The maximum atomic E-state index is 12.3. The molecule has 1 aliphatic rings. The molecule has 0 radical (unpaired) electrons. The van der Waals surface area contributed by atoms with Crippen LogP contribution in [0.4, 0.5) is 0 Å². The van der Waals surface area contributed by atoms with E-state index in [2.05, 4.69) is 15.9 Å². The molecule has 0 aromatic heterocycles. The van der Waals surface area contributed by atoms with Gasteiger partial charge in [-0.1, -0.05) is 15.9 Å². The van der Waals surface area contributed by atoms with Crippen molar-refractivity contribution in [3.8, 4) is 5.75 Å². The number of ketones is 1. The summed E-state index contributed by atoms with van der Waals surface area (Å²) < 4.78 is 6.02. The molecule has 128 valence electrons. The lowest BCUT2D eigenvalue weighted by Gasteiger charge is -2.16. The summed E-state index contributed by atoms with van der Waals surface area (Å²) in [6, 6.07) is 5.29. The van der Waals surface area contributed by atoms with Gasteiger partial charge in [0.2, 0.25) is 5.91 Å². The average molecular weight is 406 g/mol. The Morgan fingerprint density at radius 2 is 2.13 bits per heavy atom. The molecule has 1 aliphatic heterocycles. The van der Waals surface area contributed by atoms with Gasteiger partial charge in [-0.3, -0.25) is 9.59 Å². The number of hydrogen-bond acceptors (Lipinski definition) is 4. The van der Waals surface area contributed by atoms with E-state index in [1.54, 1.807) is 12.1 Å². The van der Waals surface area contributed by atoms with Crippen LogP contribution in [-0.4, -0.2) is 43.3 Å². The second-order valence-corrected chi connectivity index (χ2v) is 6.41. The van der Waals surface area contributed by atoms with E-state index < -0.39 is 0 Å². The first-order valence-corrected chi connectivity index (χ1v) is 8.19. The quantitative estimate of drug-likeness (QED) is 0.739. The van der Waals surface area contributed by atoms with E-state index in [1.165, 1.54) is 7.11 Å². The van der Waals surface area contributed by atoms with Gasteiger partial charge in [-0.15, -0.1) is 12.4 Å². The lowest BCUT2D eigenvalue weighted by molar-refractivity contribution is -0.130. The zero-order chi connectivity index (χ0) is 16.1. The van der Waals surface area contributed by atoms with E-state index in [0.717, 1.165) is 17.4 Å². The van der Waals surface area contributed by atoms with Crippen LogP contribution in [0.3, 0.4) is 0 Å². The molecular formula is C16H22BrClN2O3. The van der Waals surface area contributed by atoms with Crippen molar-refractivity contribution >= 4 is 40.0 Å². The summed E-state index contributed by atoms with van der Waals surface area (Å²) in [5, 5.41) is 0. The molecular weight excluding hydrogens is 384 g/mol. The number of likely N-dealkylation sites (tertiary alicyclic amines) is 1. The summed E-state index contributed by atoms with van der Waals surface area (Å²) in [6.07, 6.45) is 1.37. The van der Waals surface area contributed by atoms with Crippen molar-refractivity contribution in [2.75, 3.05) is 26.7 Å². The normalized spacial score (nSPS) is 16.8. The Hall–Kier alpha value is -1.11. The Balaban J connectivity index is 0.00000264. The highest BCUT2D eigenvalue weighted by atomic mass is 79.9. The van der Waals surface area contributed by atoms with Crippen LogP contribution in [0.25, 0.3) is 0 Å². The minimum atomic E-state index is -0.0823. The number of nitrogens with two attached hydrogens (primary N) is 1. The molecule has 0 aliphatic carbocycles. The molecule has 7 heteroatoms. The number of carbonyl (C=O) groups is 2. The summed E-state index contributed by atoms with van der Waals surface area (Å²) >= 11 is 3.35. The molecule has 0 bridgehead atoms. The molecule has 23 heavy (non-hydrogen) atoms. The largest absolute Gasteiger partial charge is 0.496 e. The predicted molar refractivity (Wildman–Crippen MR) is 95.2 cm³/mol. The highest BCUT2D eigenvalue weighted by Gasteiger charge is 2.25. The lowest BCUT2D eigenvalue weighted by Crippen LogP contribution is -2.30. The SMILES string of the molecule is COc1ccc(Br)cc1C(=O)CCC(=O)N1CCC(CN)C1.Cl. The minimum absolute atomic E-state index is 0. The van der Waals surface area contributed by atoms with Crippen LogP contribution >= 0.6 is 28.3 Å². The van der Waals surface area contributed by atoms with Gasteiger partial charge in [0.15, 0.2) is 5.78 Å². The lowest BCUT2D eigenvalue weighted by atomic mass is 10.1. The highest BCUT2D eigenvalue weighted by Crippen LogP contribution is 2.25. The third kappa shape index (κ3) is 5.19. The first-order valence-electron chi connectivity index (χ1n) is 7.39. The van der Waals surface area contributed by atoms with E-state index in [-0.39, 0.29) is 36.9 Å². The smallest absolute Gasteiger partial charge is 0.223 e. The Labute approximate surface area is 151 Å². The molecule has 1 unspecified atom stereocenters. The Morgan fingerprint density at radius 3 is 2.74 bits per heavy atom. The topological polar surface area (TPSA) is 72.6 Å². The molecule has 1 aromatic carbocycles. The number of Topliss-reactive ketones (excluding diaryl/α,β-unsaturated/α-hetero) is 1. The van der Waals surface area contributed by atoms with Gasteiger partial charge in [-0.05, 0) is 37.1 Å². The molecule has 1 amide bonds. The standard InChI is InChI=1S/C16H21BrN2O3.ClH/c1-22-15-4-2-12(17)8-13(15)14(20)3-5-16(21)19-7-6-11(9-18)10-19;/h2,4,8,11H,3,5-7,9-10,18H2,1H3;1H. The predicted octanol–water partition coefficient (Wildman–Crippen LogP) is 2.65. The maximum Gasteiger partial charge on any atom is 0.223 e. The molecule has 2 N–H and O–H groups in total. The monoisotopic (exact) mass is 404 g/mol. The van der Waals surface area contributed by atoms with Gasteiger partial charge in [-0.2, -0.15) is 0 Å².